The topological polar surface area (TPSA) is 21.3 Å². The van der Waals surface area contributed by atoms with Crippen LogP contribution in [-0.4, -0.2) is 18.9 Å². The molecule has 0 aromatic carbocycles. The van der Waals surface area contributed by atoms with E-state index in [0.29, 0.717) is 23.2 Å². The first-order chi connectivity index (χ1) is 9.55. The summed E-state index contributed by atoms with van der Waals surface area (Å²) in [4.78, 5) is 0. The molecule has 1 saturated heterocycles. The van der Waals surface area contributed by atoms with Crippen molar-refractivity contribution in [2.75, 3.05) is 6.54 Å². The summed E-state index contributed by atoms with van der Waals surface area (Å²) in [5, 5.41) is 3.68. The van der Waals surface area contributed by atoms with Crippen LogP contribution in [0.2, 0.25) is 0 Å². The van der Waals surface area contributed by atoms with E-state index in [4.69, 9.17) is 4.74 Å². The Morgan fingerprint density at radius 1 is 1.20 bits per heavy atom. The van der Waals surface area contributed by atoms with Gasteiger partial charge in [-0.15, -0.1) is 0 Å². The molecule has 1 heterocycles. The smallest absolute Gasteiger partial charge is 0.109 e. The predicted molar refractivity (Wildman–Crippen MR) is 81.3 cm³/mol. The lowest BCUT2D eigenvalue weighted by Gasteiger charge is -2.34. The molecule has 5 unspecified atom stereocenters. The maximum atomic E-state index is 6.57. The second kappa shape index (κ2) is 4.46. The van der Waals surface area contributed by atoms with Crippen LogP contribution in [0.15, 0.2) is 0 Å². The van der Waals surface area contributed by atoms with Gasteiger partial charge in [0.15, 0.2) is 0 Å². The van der Waals surface area contributed by atoms with Crippen molar-refractivity contribution in [2.45, 2.75) is 78.0 Å². The van der Waals surface area contributed by atoms with Crippen LogP contribution in [0.4, 0.5) is 0 Å². The van der Waals surface area contributed by atoms with E-state index in [2.05, 4.69) is 26.1 Å². The first-order valence-corrected chi connectivity index (χ1v) is 8.93. The summed E-state index contributed by atoms with van der Waals surface area (Å²) in [5.41, 5.74) is 1.19. The van der Waals surface area contributed by atoms with E-state index >= 15 is 0 Å². The van der Waals surface area contributed by atoms with Gasteiger partial charge in [0, 0.05) is 6.54 Å². The molecule has 0 spiro atoms. The van der Waals surface area contributed by atoms with Crippen molar-refractivity contribution in [2.24, 2.45) is 28.6 Å². The molecule has 2 nitrogen and oxygen atoms in total. The van der Waals surface area contributed by atoms with Gasteiger partial charge in [-0.3, -0.25) is 5.32 Å². The minimum atomic E-state index is 0.339. The van der Waals surface area contributed by atoms with Crippen LogP contribution >= 0.6 is 0 Å². The number of ether oxygens (including phenoxy) is 1. The van der Waals surface area contributed by atoms with Crippen molar-refractivity contribution in [1.29, 1.82) is 0 Å². The molecule has 4 rings (SSSR count). The molecule has 0 aromatic rings. The van der Waals surface area contributed by atoms with Crippen LogP contribution in [-0.2, 0) is 4.74 Å². The molecule has 0 aromatic heterocycles. The molecule has 2 heteroatoms. The molecule has 0 radical (unpaired) electrons. The largest absolute Gasteiger partial charge is 0.360 e. The SMILES string of the molecule is CCC12CC(C)C[C@H](OC3CC(C)(C4CC4)CN3)C1C2. The van der Waals surface area contributed by atoms with Crippen molar-refractivity contribution in [3.05, 3.63) is 0 Å². The Morgan fingerprint density at radius 2 is 2.00 bits per heavy atom. The highest BCUT2D eigenvalue weighted by Crippen LogP contribution is 2.65. The van der Waals surface area contributed by atoms with Gasteiger partial charge in [-0.2, -0.15) is 0 Å². The molecule has 3 saturated carbocycles. The zero-order chi connectivity index (χ0) is 14.0. The second-order valence-corrected chi connectivity index (χ2v) is 8.75. The molecular weight excluding hydrogens is 246 g/mol. The van der Waals surface area contributed by atoms with Gasteiger partial charge in [-0.05, 0) is 67.1 Å². The predicted octanol–water partition coefficient (Wildman–Crippen LogP) is 3.95. The molecule has 0 bridgehead atoms. The lowest BCUT2D eigenvalue weighted by Crippen LogP contribution is -2.36. The number of fused-ring (bicyclic) bond motifs is 1. The molecule has 114 valence electrons. The van der Waals surface area contributed by atoms with Crippen molar-refractivity contribution < 1.29 is 4.74 Å². The summed E-state index contributed by atoms with van der Waals surface area (Å²) in [6.07, 6.45) is 10.6. The van der Waals surface area contributed by atoms with Gasteiger partial charge in [0.05, 0.1) is 6.10 Å². The Bertz CT molecular complexity index is 393. The molecule has 4 fully saturated rings. The fourth-order valence-corrected chi connectivity index (χ4v) is 5.49. The van der Waals surface area contributed by atoms with Crippen LogP contribution in [0.25, 0.3) is 0 Å². The minimum Gasteiger partial charge on any atom is -0.360 e. The molecule has 3 aliphatic carbocycles. The quantitative estimate of drug-likeness (QED) is 0.840. The van der Waals surface area contributed by atoms with Gasteiger partial charge >= 0.3 is 0 Å². The third-order valence-corrected chi connectivity index (χ3v) is 7.08. The number of hydrogen-bond acceptors (Lipinski definition) is 2. The summed E-state index contributed by atoms with van der Waals surface area (Å²) in [6, 6.07) is 0. The third-order valence-electron chi connectivity index (χ3n) is 7.08. The fraction of sp³-hybridized carbons (Fsp3) is 1.00. The molecule has 1 N–H and O–H groups in total. The Morgan fingerprint density at radius 3 is 2.70 bits per heavy atom. The van der Waals surface area contributed by atoms with E-state index in [1.165, 1.54) is 51.5 Å². The second-order valence-electron chi connectivity index (χ2n) is 8.75. The van der Waals surface area contributed by atoms with Crippen molar-refractivity contribution in [3.8, 4) is 0 Å². The minimum absolute atomic E-state index is 0.339. The fourth-order valence-electron chi connectivity index (χ4n) is 5.49. The van der Waals surface area contributed by atoms with Gasteiger partial charge < -0.3 is 4.74 Å². The summed E-state index contributed by atoms with van der Waals surface area (Å²) < 4.78 is 6.57. The zero-order valence-corrected chi connectivity index (χ0v) is 13.5. The van der Waals surface area contributed by atoms with E-state index in [9.17, 15) is 0 Å². The van der Waals surface area contributed by atoms with E-state index in [1.807, 2.05) is 0 Å². The van der Waals surface area contributed by atoms with E-state index in [0.717, 1.165) is 17.8 Å². The van der Waals surface area contributed by atoms with E-state index in [1.54, 1.807) is 0 Å². The standard InChI is InChI=1S/C18H31NO/c1-4-18-8-12(2)7-15(14(18)9-18)20-16-10-17(3,11-19-16)13-5-6-13/h12-16,19H,4-11H2,1-3H3/t12?,14?,15-,16?,17?,18?/m0/s1. The van der Waals surface area contributed by atoms with Gasteiger partial charge in [-0.25, -0.2) is 0 Å². The molecular formula is C18H31NO. The summed E-state index contributed by atoms with van der Waals surface area (Å²) in [5.74, 6) is 2.71. The van der Waals surface area contributed by atoms with Crippen LogP contribution in [0.5, 0.6) is 0 Å². The third kappa shape index (κ3) is 2.14. The maximum Gasteiger partial charge on any atom is 0.109 e. The Hall–Kier alpha value is -0.0800. The summed E-state index contributed by atoms with van der Waals surface area (Å²) >= 11 is 0. The highest BCUT2D eigenvalue weighted by molar-refractivity contribution is 5.09. The Kier molecular flexibility index (Phi) is 3.03. The maximum absolute atomic E-state index is 6.57. The number of nitrogens with one attached hydrogen (secondary N) is 1. The van der Waals surface area contributed by atoms with Crippen LogP contribution in [0.1, 0.15) is 65.7 Å². The van der Waals surface area contributed by atoms with Gasteiger partial charge in [0.2, 0.25) is 0 Å². The lowest BCUT2D eigenvalue weighted by atomic mass is 9.79. The van der Waals surface area contributed by atoms with E-state index < -0.39 is 0 Å². The van der Waals surface area contributed by atoms with Crippen LogP contribution < -0.4 is 5.32 Å². The average Bonchev–Trinajstić information content (AvgIpc) is 3.29. The summed E-state index contributed by atoms with van der Waals surface area (Å²) in [7, 11) is 0. The number of rotatable bonds is 4. The Labute approximate surface area is 124 Å². The molecule has 6 atom stereocenters. The normalized spacial score (nSPS) is 54.8. The first-order valence-electron chi connectivity index (χ1n) is 8.93. The molecule has 0 amide bonds. The molecule has 20 heavy (non-hydrogen) atoms. The highest BCUT2D eigenvalue weighted by Gasteiger charge is 2.60. The number of hydrogen-bond donors (Lipinski definition) is 1. The van der Waals surface area contributed by atoms with Crippen LogP contribution in [0.3, 0.4) is 0 Å². The van der Waals surface area contributed by atoms with Crippen molar-refractivity contribution in [1.82, 2.24) is 5.32 Å². The molecule has 1 aliphatic heterocycles. The van der Waals surface area contributed by atoms with Crippen molar-refractivity contribution in [3.63, 3.8) is 0 Å². The van der Waals surface area contributed by atoms with Gasteiger partial charge in [0.1, 0.15) is 6.23 Å². The monoisotopic (exact) mass is 277 g/mol. The molecule has 4 aliphatic rings. The van der Waals surface area contributed by atoms with Gasteiger partial charge in [-0.1, -0.05) is 27.2 Å². The Balaban J connectivity index is 1.38. The summed E-state index contributed by atoms with van der Waals surface area (Å²) in [6.45, 7) is 8.46. The zero-order valence-electron chi connectivity index (χ0n) is 13.5. The van der Waals surface area contributed by atoms with Crippen LogP contribution in [0, 0.1) is 28.6 Å². The van der Waals surface area contributed by atoms with E-state index in [-0.39, 0.29) is 0 Å². The highest BCUT2D eigenvalue weighted by atomic mass is 16.5. The lowest BCUT2D eigenvalue weighted by molar-refractivity contribution is -0.0656. The average molecular weight is 277 g/mol. The van der Waals surface area contributed by atoms with Crippen molar-refractivity contribution >= 4 is 0 Å². The first kappa shape index (κ1) is 13.6. The van der Waals surface area contributed by atoms with Gasteiger partial charge in [0.25, 0.3) is 0 Å².